The first-order valence-corrected chi connectivity index (χ1v) is 7.30. The maximum Gasteiger partial charge on any atom is 0.214 e. The molecule has 1 fully saturated rings. The number of sulfonamides is 1. The Morgan fingerprint density at radius 3 is 2.31 bits per heavy atom. The third-order valence-corrected chi connectivity index (χ3v) is 5.23. The number of hydrogen-bond acceptors (Lipinski definition) is 3. The van der Waals surface area contributed by atoms with Gasteiger partial charge in [0, 0.05) is 19.1 Å². The van der Waals surface area contributed by atoms with Crippen molar-refractivity contribution in [3.05, 3.63) is 0 Å². The molecule has 4 nitrogen and oxygen atoms in total. The molecule has 0 saturated carbocycles. The average molecular weight is 271 g/mol. The van der Waals surface area contributed by atoms with Gasteiger partial charge in [-0.1, -0.05) is 20.3 Å². The van der Waals surface area contributed by atoms with Gasteiger partial charge in [-0.25, -0.2) is 12.7 Å². The molecule has 1 unspecified atom stereocenters. The van der Waals surface area contributed by atoms with Crippen LogP contribution in [0.15, 0.2) is 0 Å². The van der Waals surface area contributed by atoms with Gasteiger partial charge in [-0.3, -0.25) is 0 Å². The van der Waals surface area contributed by atoms with E-state index < -0.39 is 10.0 Å². The topological polar surface area (TPSA) is 63.4 Å². The second-order valence-corrected chi connectivity index (χ2v) is 6.54. The Hall–Kier alpha value is 0.160. The highest BCUT2D eigenvalue weighted by Crippen LogP contribution is 2.16. The third-order valence-electron chi connectivity index (χ3n) is 3.08. The summed E-state index contributed by atoms with van der Waals surface area (Å²) in [7, 11) is -3.04. The Bertz CT molecular complexity index is 287. The van der Waals surface area contributed by atoms with Crippen molar-refractivity contribution in [1.29, 1.82) is 0 Å². The molecule has 98 valence electrons. The number of hydrogen-bond donors (Lipinski definition) is 1. The van der Waals surface area contributed by atoms with E-state index >= 15 is 0 Å². The molecule has 1 rings (SSSR count). The zero-order chi connectivity index (χ0) is 11.5. The lowest BCUT2D eigenvalue weighted by atomic mass is 10.1. The van der Waals surface area contributed by atoms with Gasteiger partial charge in [0.05, 0.1) is 5.75 Å². The van der Waals surface area contributed by atoms with Crippen molar-refractivity contribution in [2.24, 2.45) is 11.7 Å². The monoisotopic (exact) mass is 270 g/mol. The van der Waals surface area contributed by atoms with Crippen LogP contribution in [0.4, 0.5) is 0 Å². The lowest BCUT2D eigenvalue weighted by Gasteiger charge is -2.30. The molecule has 16 heavy (non-hydrogen) atoms. The fraction of sp³-hybridized carbons (Fsp3) is 1.00. The second-order valence-electron chi connectivity index (χ2n) is 4.53. The summed E-state index contributed by atoms with van der Waals surface area (Å²) in [4.78, 5) is 0. The molecule has 0 spiro atoms. The first kappa shape index (κ1) is 16.2. The predicted molar refractivity (Wildman–Crippen MR) is 69.3 cm³/mol. The molecule has 0 aromatic carbocycles. The standard InChI is InChI=1S/C10H22N2O2S.ClH/c1-3-9(2)8-15(13,14)12-6-4-10(11)5-7-12;/h9-10H,3-8,11H2,1-2H3;1H. The van der Waals surface area contributed by atoms with Gasteiger partial charge in [0.15, 0.2) is 0 Å². The molecule has 1 atom stereocenters. The summed E-state index contributed by atoms with van der Waals surface area (Å²) >= 11 is 0. The van der Waals surface area contributed by atoms with Crippen LogP contribution in [0.2, 0.25) is 0 Å². The van der Waals surface area contributed by atoms with Crippen molar-refractivity contribution < 1.29 is 8.42 Å². The maximum absolute atomic E-state index is 11.9. The number of halogens is 1. The third kappa shape index (κ3) is 4.57. The fourth-order valence-corrected chi connectivity index (χ4v) is 3.67. The Morgan fingerprint density at radius 1 is 1.38 bits per heavy atom. The second kappa shape index (κ2) is 6.79. The zero-order valence-corrected chi connectivity index (χ0v) is 11.7. The van der Waals surface area contributed by atoms with Crippen molar-refractivity contribution in [1.82, 2.24) is 4.31 Å². The fourth-order valence-electron chi connectivity index (χ4n) is 1.74. The Balaban J connectivity index is 0.00000225. The van der Waals surface area contributed by atoms with Crippen molar-refractivity contribution in [2.75, 3.05) is 18.8 Å². The van der Waals surface area contributed by atoms with E-state index in [-0.39, 0.29) is 30.1 Å². The highest BCUT2D eigenvalue weighted by atomic mass is 35.5. The summed E-state index contributed by atoms with van der Waals surface area (Å²) in [5, 5.41) is 0. The van der Waals surface area contributed by atoms with Gasteiger partial charge in [0.2, 0.25) is 10.0 Å². The van der Waals surface area contributed by atoms with Gasteiger partial charge < -0.3 is 5.73 Å². The van der Waals surface area contributed by atoms with Crippen LogP contribution in [0.25, 0.3) is 0 Å². The molecule has 0 aromatic rings. The Kier molecular flexibility index (Phi) is 6.86. The summed E-state index contributed by atoms with van der Waals surface area (Å²) < 4.78 is 25.5. The van der Waals surface area contributed by atoms with Crippen LogP contribution < -0.4 is 5.73 Å². The smallest absolute Gasteiger partial charge is 0.214 e. The van der Waals surface area contributed by atoms with E-state index in [0.29, 0.717) is 13.1 Å². The van der Waals surface area contributed by atoms with E-state index in [9.17, 15) is 8.42 Å². The molecular weight excluding hydrogens is 248 g/mol. The van der Waals surface area contributed by atoms with E-state index in [2.05, 4.69) is 0 Å². The maximum atomic E-state index is 11.9. The highest BCUT2D eigenvalue weighted by molar-refractivity contribution is 7.89. The van der Waals surface area contributed by atoms with Crippen LogP contribution in [0.1, 0.15) is 33.1 Å². The van der Waals surface area contributed by atoms with Gasteiger partial charge in [0.25, 0.3) is 0 Å². The number of rotatable bonds is 4. The van der Waals surface area contributed by atoms with Crippen LogP contribution in [0.5, 0.6) is 0 Å². The quantitative estimate of drug-likeness (QED) is 0.835. The Morgan fingerprint density at radius 2 is 1.88 bits per heavy atom. The van der Waals surface area contributed by atoms with Crippen LogP contribution >= 0.6 is 12.4 Å². The minimum atomic E-state index is -3.04. The molecule has 1 aliphatic heterocycles. The molecule has 0 radical (unpaired) electrons. The van der Waals surface area contributed by atoms with Crippen molar-refractivity contribution in [3.8, 4) is 0 Å². The molecule has 0 amide bonds. The van der Waals surface area contributed by atoms with Gasteiger partial charge in [0.1, 0.15) is 0 Å². The molecule has 0 aliphatic carbocycles. The van der Waals surface area contributed by atoms with Crippen molar-refractivity contribution >= 4 is 22.4 Å². The Labute approximate surface area is 105 Å². The van der Waals surface area contributed by atoms with E-state index in [1.807, 2.05) is 13.8 Å². The van der Waals surface area contributed by atoms with E-state index in [0.717, 1.165) is 19.3 Å². The summed E-state index contributed by atoms with van der Waals surface area (Å²) in [6.07, 6.45) is 2.49. The zero-order valence-electron chi connectivity index (χ0n) is 10.1. The molecular formula is C10H23ClN2O2S. The van der Waals surface area contributed by atoms with E-state index in [1.165, 1.54) is 0 Å². The van der Waals surface area contributed by atoms with Crippen molar-refractivity contribution in [2.45, 2.75) is 39.2 Å². The molecule has 1 heterocycles. The molecule has 6 heteroatoms. The van der Waals surface area contributed by atoms with Gasteiger partial charge in [-0.2, -0.15) is 0 Å². The summed E-state index contributed by atoms with van der Waals surface area (Å²) in [5.74, 6) is 0.518. The molecule has 1 saturated heterocycles. The van der Waals surface area contributed by atoms with E-state index in [4.69, 9.17) is 5.73 Å². The number of nitrogens with zero attached hydrogens (tertiary/aromatic N) is 1. The van der Waals surface area contributed by atoms with Gasteiger partial charge in [-0.15, -0.1) is 12.4 Å². The molecule has 0 aromatic heterocycles. The predicted octanol–water partition coefficient (Wildman–Crippen LogP) is 1.21. The lowest BCUT2D eigenvalue weighted by Crippen LogP contribution is -2.44. The van der Waals surface area contributed by atoms with Crippen molar-refractivity contribution in [3.63, 3.8) is 0 Å². The van der Waals surface area contributed by atoms with Crippen LogP contribution in [0.3, 0.4) is 0 Å². The number of nitrogens with two attached hydrogens (primary N) is 1. The van der Waals surface area contributed by atoms with Crippen LogP contribution in [0, 0.1) is 5.92 Å². The molecule has 2 N–H and O–H groups in total. The average Bonchev–Trinajstić information content (AvgIpc) is 2.17. The minimum Gasteiger partial charge on any atom is -0.328 e. The minimum absolute atomic E-state index is 0. The SMILES string of the molecule is CCC(C)CS(=O)(=O)N1CCC(N)CC1.Cl. The summed E-state index contributed by atoms with van der Waals surface area (Å²) in [6.45, 7) is 5.19. The summed E-state index contributed by atoms with van der Waals surface area (Å²) in [5.41, 5.74) is 5.75. The lowest BCUT2D eigenvalue weighted by molar-refractivity contribution is 0.318. The van der Waals surface area contributed by atoms with Crippen LogP contribution in [-0.4, -0.2) is 37.6 Å². The van der Waals surface area contributed by atoms with E-state index in [1.54, 1.807) is 4.31 Å². The summed E-state index contributed by atoms with van der Waals surface area (Å²) in [6, 6.07) is 0.181. The highest BCUT2D eigenvalue weighted by Gasteiger charge is 2.27. The first-order chi connectivity index (χ1) is 6.95. The molecule has 1 aliphatic rings. The largest absolute Gasteiger partial charge is 0.328 e. The van der Waals surface area contributed by atoms with Gasteiger partial charge in [-0.05, 0) is 18.8 Å². The van der Waals surface area contributed by atoms with Gasteiger partial charge >= 0.3 is 0 Å². The number of piperidine rings is 1. The molecule has 0 bridgehead atoms. The van der Waals surface area contributed by atoms with Crippen LogP contribution in [-0.2, 0) is 10.0 Å². The normalized spacial score (nSPS) is 21.4. The first-order valence-electron chi connectivity index (χ1n) is 5.69.